The molecule has 2 amide bonds. The Morgan fingerprint density at radius 1 is 1.06 bits per heavy atom. The van der Waals surface area contributed by atoms with Crippen molar-refractivity contribution in [2.75, 3.05) is 23.7 Å². The molecular formula is C20H18Cl2F3N5O. The van der Waals surface area contributed by atoms with E-state index in [0.717, 1.165) is 12.1 Å². The van der Waals surface area contributed by atoms with Crippen LogP contribution in [0.1, 0.15) is 18.3 Å². The summed E-state index contributed by atoms with van der Waals surface area (Å²) in [6.45, 7) is 2.48. The first kappa shape index (κ1) is 22.9. The number of carbonyl (C=O) groups excluding carboxylic acids is 1. The number of aryl methyl sites for hydroxylation is 1. The van der Waals surface area contributed by atoms with E-state index >= 15 is 0 Å². The van der Waals surface area contributed by atoms with Crippen LogP contribution in [0.25, 0.3) is 10.9 Å². The van der Waals surface area contributed by atoms with Crippen LogP contribution in [0.4, 0.5) is 29.5 Å². The summed E-state index contributed by atoms with van der Waals surface area (Å²) in [6.07, 6.45) is -3.82. The Morgan fingerprint density at radius 2 is 1.77 bits per heavy atom. The first-order valence-corrected chi connectivity index (χ1v) is 10.0. The van der Waals surface area contributed by atoms with Crippen molar-refractivity contribution in [3.05, 3.63) is 57.8 Å². The number of urea groups is 1. The van der Waals surface area contributed by atoms with E-state index in [9.17, 15) is 18.0 Å². The summed E-state index contributed by atoms with van der Waals surface area (Å²) in [5, 5.41) is 9.73. The third-order valence-electron chi connectivity index (χ3n) is 4.25. The van der Waals surface area contributed by atoms with Gasteiger partial charge in [-0.15, -0.1) is 0 Å². The second kappa shape index (κ2) is 9.57. The number of hydrogen-bond acceptors (Lipinski definition) is 4. The van der Waals surface area contributed by atoms with E-state index in [2.05, 4.69) is 25.9 Å². The average molecular weight is 472 g/mol. The third-order valence-corrected chi connectivity index (χ3v) is 4.76. The number of aromatic nitrogens is 2. The van der Waals surface area contributed by atoms with Gasteiger partial charge in [0.15, 0.2) is 0 Å². The molecule has 0 unspecified atom stereocenters. The number of nitrogens with one attached hydrogen (secondary N) is 3. The molecule has 3 N–H and O–H groups in total. The summed E-state index contributed by atoms with van der Waals surface area (Å²) >= 11 is 12.3. The van der Waals surface area contributed by atoms with Crippen molar-refractivity contribution in [1.29, 1.82) is 0 Å². The van der Waals surface area contributed by atoms with Crippen LogP contribution in [0.5, 0.6) is 0 Å². The van der Waals surface area contributed by atoms with Crippen LogP contribution in [-0.4, -0.2) is 29.1 Å². The molecule has 11 heteroatoms. The van der Waals surface area contributed by atoms with E-state index in [4.69, 9.17) is 23.2 Å². The van der Waals surface area contributed by atoms with Gasteiger partial charge in [-0.25, -0.2) is 14.8 Å². The van der Waals surface area contributed by atoms with Crippen LogP contribution in [0.2, 0.25) is 10.0 Å². The van der Waals surface area contributed by atoms with Gasteiger partial charge in [0.1, 0.15) is 11.6 Å². The number of hydrogen-bond donors (Lipinski definition) is 3. The lowest BCUT2D eigenvalue weighted by Gasteiger charge is -2.13. The van der Waals surface area contributed by atoms with Gasteiger partial charge in [0.05, 0.1) is 16.1 Å². The van der Waals surface area contributed by atoms with Crippen LogP contribution < -0.4 is 16.0 Å². The fraction of sp³-hybridized carbons (Fsp3) is 0.250. The highest BCUT2D eigenvalue weighted by molar-refractivity contribution is 6.38. The van der Waals surface area contributed by atoms with Crippen LogP contribution >= 0.6 is 23.2 Å². The summed E-state index contributed by atoms with van der Waals surface area (Å²) in [5.41, 5.74) is 0.0388. The van der Waals surface area contributed by atoms with Crippen molar-refractivity contribution in [1.82, 2.24) is 15.3 Å². The smallest absolute Gasteiger partial charge is 0.368 e. The van der Waals surface area contributed by atoms with Crippen molar-refractivity contribution in [2.24, 2.45) is 0 Å². The molecule has 0 aliphatic rings. The molecule has 1 aromatic heterocycles. The van der Waals surface area contributed by atoms with Gasteiger partial charge in [-0.1, -0.05) is 30.1 Å². The predicted octanol–water partition coefficient (Wildman–Crippen LogP) is 5.75. The second-order valence-corrected chi connectivity index (χ2v) is 7.35. The van der Waals surface area contributed by atoms with Crippen molar-refractivity contribution in [3.63, 3.8) is 0 Å². The van der Waals surface area contributed by atoms with Gasteiger partial charge in [0.25, 0.3) is 0 Å². The number of alkyl halides is 3. The zero-order chi connectivity index (χ0) is 22.6. The van der Waals surface area contributed by atoms with Gasteiger partial charge >= 0.3 is 12.2 Å². The summed E-state index contributed by atoms with van der Waals surface area (Å²) in [6, 6.07) is 6.94. The van der Waals surface area contributed by atoms with Crippen molar-refractivity contribution in [2.45, 2.75) is 19.5 Å². The highest BCUT2D eigenvalue weighted by Crippen LogP contribution is 2.31. The molecule has 164 valence electrons. The Labute approximate surface area is 186 Å². The molecule has 0 saturated carbocycles. The van der Waals surface area contributed by atoms with Crippen LogP contribution in [0, 0.1) is 0 Å². The molecule has 0 aliphatic heterocycles. The van der Waals surface area contributed by atoms with Gasteiger partial charge in [-0.3, -0.25) is 0 Å². The lowest BCUT2D eigenvalue weighted by molar-refractivity contribution is -0.137. The molecular weight excluding hydrogens is 454 g/mol. The minimum Gasteiger partial charge on any atom is -0.368 e. The van der Waals surface area contributed by atoms with Crippen LogP contribution in [0.3, 0.4) is 0 Å². The van der Waals surface area contributed by atoms with Crippen molar-refractivity contribution < 1.29 is 18.0 Å². The molecule has 0 aliphatic carbocycles. The van der Waals surface area contributed by atoms with Crippen molar-refractivity contribution >= 4 is 51.6 Å². The molecule has 3 rings (SSSR count). The fourth-order valence-corrected chi connectivity index (χ4v) is 3.31. The van der Waals surface area contributed by atoms with E-state index in [1.54, 1.807) is 12.1 Å². The Morgan fingerprint density at radius 3 is 2.42 bits per heavy atom. The lowest BCUT2D eigenvalue weighted by Crippen LogP contribution is -2.32. The maximum absolute atomic E-state index is 12.6. The number of amides is 2. The number of rotatable bonds is 6. The molecule has 1 heterocycles. The first-order valence-electron chi connectivity index (χ1n) is 9.29. The normalized spacial score (nSPS) is 11.4. The van der Waals surface area contributed by atoms with E-state index < -0.39 is 17.8 Å². The number of carbonyl (C=O) groups is 1. The maximum Gasteiger partial charge on any atom is 0.416 e. The molecule has 0 fully saturated rings. The highest BCUT2D eigenvalue weighted by atomic mass is 35.5. The zero-order valence-corrected chi connectivity index (χ0v) is 17.8. The van der Waals surface area contributed by atoms with Crippen molar-refractivity contribution in [3.8, 4) is 0 Å². The van der Waals surface area contributed by atoms with Gasteiger partial charge in [0, 0.05) is 35.6 Å². The molecule has 0 bridgehead atoms. The summed E-state index contributed by atoms with van der Waals surface area (Å²) in [7, 11) is 0. The van der Waals surface area contributed by atoms with Crippen LogP contribution in [-0.2, 0) is 12.6 Å². The molecule has 0 atom stereocenters. The topological polar surface area (TPSA) is 78.9 Å². The average Bonchev–Trinajstić information content (AvgIpc) is 2.71. The van der Waals surface area contributed by atoms with Gasteiger partial charge in [-0.2, -0.15) is 13.2 Å². The Balaban J connectivity index is 1.58. The quantitative estimate of drug-likeness (QED) is 0.399. The van der Waals surface area contributed by atoms with E-state index in [-0.39, 0.29) is 12.2 Å². The largest absolute Gasteiger partial charge is 0.416 e. The predicted molar refractivity (Wildman–Crippen MR) is 116 cm³/mol. The number of fused-ring (bicyclic) bond motifs is 1. The highest BCUT2D eigenvalue weighted by Gasteiger charge is 2.29. The Hall–Kier alpha value is -2.78. The number of nitrogens with zero attached hydrogens (tertiary/aromatic N) is 2. The van der Waals surface area contributed by atoms with E-state index in [1.807, 2.05) is 6.92 Å². The Bertz CT molecular complexity index is 1090. The number of halogens is 5. The molecule has 6 nitrogen and oxygen atoms in total. The van der Waals surface area contributed by atoms with Gasteiger partial charge in [-0.05, 0) is 36.4 Å². The molecule has 0 radical (unpaired) electrons. The minimum atomic E-state index is -4.43. The van der Waals surface area contributed by atoms with E-state index in [0.29, 0.717) is 45.6 Å². The zero-order valence-electron chi connectivity index (χ0n) is 16.3. The lowest BCUT2D eigenvalue weighted by atomic mass is 10.2. The number of anilines is 2. The SMILES string of the molecule is CCc1nc(NCCNC(=O)Nc2ccc(C(F)(F)F)cc2)c2cc(Cl)cc(Cl)c2n1. The van der Waals surface area contributed by atoms with Gasteiger partial charge in [0.2, 0.25) is 0 Å². The standard InChI is InChI=1S/C20H18Cl2F3N5O/c1-2-16-29-17-14(9-12(21)10-15(17)22)18(30-16)26-7-8-27-19(31)28-13-5-3-11(4-6-13)20(23,24)25/h3-6,9-10H,2,7-8H2,1H3,(H,26,29,30)(H2,27,28,31). The molecule has 0 spiro atoms. The van der Waals surface area contributed by atoms with Crippen LogP contribution in [0.15, 0.2) is 36.4 Å². The Kier molecular flexibility index (Phi) is 7.07. The molecule has 2 aromatic carbocycles. The van der Waals surface area contributed by atoms with E-state index in [1.165, 1.54) is 12.1 Å². The number of benzene rings is 2. The molecule has 31 heavy (non-hydrogen) atoms. The summed E-state index contributed by atoms with van der Waals surface area (Å²) in [5.74, 6) is 1.14. The first-order chi connectivity index (χ1) is 14.7. The maximum atomic E-state index is 12.6. The molecule has 0 saturated heterocycles. The summed E-state index contributed by atoms with van der Waals surface area (Å²) in [4.78, 5) is 20.9. The summed E-state index contributed by atoms with van der Waals surface area (Å²) < 4.78 is 37.8. The molecule has 3 aromatic rings. The van der Waals surface area contributed by atoms with Gasteiger partial charge < -0.3 is 16.0 Å². The third kappa shape index (κ3) is 5.89. The minimum absolute atomic E-state index is 0.230. The second-order valence-electron chi connectivity index (χ2n) is 6.51. The monoisotopic (exact) mass is 471 g/mol. The fourth-order valence-electron chi connectivity index (χ4n) is 2.77.